The predicted octanol–water partition coefficient (Wildman–Crippen LogP) is 3.29. The zero-order chi connectivity index (χ0) is 17.7. The minimum atomic E-state index is -0.398. The van der Waals surface area contributed by atoms with E-state index in [4.69, 9.17) is 21.1 Å². The van der Waals surface area contributed by atoms with Gasteiger partial charge in [0.25, 0.3) is 0 Å². The first-order chi connectivity index (χ1) is 11.5. The van der Waals surface area contributed by atoms with E-state index in [0.29, 0.717) is 22.5 Å². The lowest BCUT2D eigenvalue weighted by Crippen LogP contribution is -2.38. The standard InChI is InChI=1S/C18H26ClNO4/c1-4-24-18(22)16-13(10-19)20-11(2)14(17(21)23-3)15(16)12-8-6-5-7-9-12/h12,15,20H,4-10H2,1-3H3. The van der Waals surface area contributed by atoms with E-state index in [1.54, 1.807) is 6.92 Å². The fourth-order valence-corrected chi connectivity index (χ4v) is 4.03. The van der Waals surface area contributed by atoms with Crippen molar-refractivity contribution in [2.24, 2.45) is 11.8 Å². The van der Waals surface area contributed by atoms with Gasteiger partial charge in [-0.2, -0.15) is 0 Å². The van der Waals surface area contributed by atoms with Gasteiger partial charge < -0.3 is 14.8 Å². The number of hydrogen-bond donors (Lipinski definition) is 1. The minimum absolute atomic E-state index is 0.170. The predicted molar refractivity (Wildman–Crippen MR) is 92.3 cm³/mol. The van der Waals surface area contributed by atoms with Crippen LogP contribution in [0.25, 0.3) is 0 Å². The number of rotatable bonds is 5. The minimum Gasteiger partial charge on any atom is -0.466 e. The second-order valence-corrected chi connectivity index (χ2v) is 6.54. The summed E-state index contributed by atoms with van der Waals surface area (Å²) >= 11 is 6.08. The van der Waals surface area contributed by atoms with E-state index >= 15 is 0 Å². The van der Waals surface area contributed by atoms with E-state index < -0.39 is 11.9 Å². The highest BCUT2D eigenvalue weighted by Crippen LogP contribution is 2.42. The van der Waals surface area contributed by atoms with Gasteiger partial charge in [0.05, 0.1) is 30.7 Å². The summed E-state index contributed by atoms with van der Waals surface area (Å²) in [5.41, 5.74) is 2.36. The van der Waals surface area contributed by atoms with Crippen LogP contribution in [-0.2, 0) is 19.1 Å². The first-order valence-electron chi connectivity index (χ1n) is 8.57. The number of halogens is 1. The SMILES string of the molecule is CCOC(=O)C1=C(CCl)NC(C)=C(C(=O)OC)C1C1CCCCC1. The Hall–Kier alpha value is -1.49. The lowest BCUT2D eigenvalue weighted by molar-refractivity contribution is -0.139. The number of methoxy groups -OCH3 is 1. The Labute approximate surface area is 148 Å². The molecule has 0 aromatic heterocycles. The van der Waals surface area contributed by atoms with Gasteiger partial charge in [-0.25, -0.2) is 9.59 Å². The topological polar surface area (TPSA) is 64.6 Å². The molecule has 0 amide bonds. The summed E-state index contributed by atoms with van der Waals surface area (Å²) in [6, 6.07) is 0. The number of allylic oxidation sites excluding steroid dienone is 2. The molecule has 1 saturated carbocycles. The molecule has 0 aromatic carbocycles. The fourth-order valence-electron chi connectivity index (χ4n) is 3.82. The van der Waals surface area contributed by atoms with Crippen LogP contribution in [-0.4, -0.2) is 31.5 Å². The van der Waals surface area contributed by atoms with Gasteiger partial charge in [-0.05, 0) is 32.6 Å². The van der Waals surface area contributed by atoms with Gasteiger partial charge in [0.15, 0.2) is 0 Å². The van der Waals surface area contributed by atoms with Crippen LogP contribution in [0.1, 0.15) is 46.0 Å². The van der Waals surface area contributed by atoms with Crippen molar-refractivity contribution in [3.05, 3.63) is 22.5 Å². The lowest BCUT2D eigenvalue weighted by atomic mass is 9.71. The summed E-state index contributed by atoms with van der Waals surface area (Å²) in [5, 5.41) is 3.12. The summed E-state index contributed by atoms with van der Waals surface area (Å²) in [6.07, 6.45) is 5.37. The third-order valence-electron chi connectivity index (χ3n) is 4.85. The van der Waals surface area contributed by atoms with E-state index in [-0.39, 0.29) is 24.3 Å². The molecule has 0 bridgehead atoms. The van der Waals surface area contributed by atoms with E-state index in [2.05, 4.69) is 5.32 Å². The van der Waals surface area contributed by atoms with Crippen molar-refractivity contribution >= 4 is 23.5 Å². The zero-order valence-electron chi connectivity index (χ0n) is 14.6. The van der Waals surface area contributed by atoms with E-state index in [1.165, 1.54) is 13.5 Å². The number of dihydropyridines is 1. The highest BCUT2D eigenvalue weighted by Gasteiger charge is 2.41. The molecule has 1 heterocycles. The van der Waals surface area contributed by atoms with Crippen LogP contribution < -0.4 is 5.32 Å². The van der Waals surface area contributed by atoms with Gasteiger partial charge in [-0.3, -0.25) is 0 Å². The van der Waals surface area contributed by atoms with Gasteiger partial charge in [-0.15, -0.1) is 11.6 Å². The summed E-state index contributed by atoms with van der Waals surface area (Å²) in [6.45, 7) is 3.88. The number of esters is 2. The molecule has 1 aliphatic carbocycles. The number of hydrogen-bond acceptors (Lipinski definition) is 5. The summed E-state index contributed by atoms with van der Waals surface area (Å²) in [4.78, 5) is 25.1. The van der Waals surface area contributed by atoms with E-state index in [9.17, 15) is 9.59 Å². The Morgan fingerprint density at radius 3 is 2.38 bits per heavy atom. The molecule has 2 aliphatic rings. The summed E-state index contributed by atoms with van der Waals surface area (Å²) < 4.78 is 10.3. The summed E-state index contributed by atoms with van der Waals surface area (Å²) in [7, 11) is 1.37. The van der Waals surface area contributed by atoms with Crippen LogP contribution in [0.15, 0.2) is 22.5 Å². The van der Waals surface area contributed by atoms with E-state index in [0.717, 1.165) is 25.7 Å². The molecule has 2 rings (SSSR count). The van der Waals surface area contributed by atoms with Crippen molar-refractivity contribution in [3.63, 3.8) is 0 Å². The summed E-state index contributed by atoms with van der Waals surface area (Å²) in [5.74, 6) is -0.714. The van der Waals surface area contributed by atoms with Crippen LogP contribution in [0, 0.1) is 11.8 Å². The number of nitrogens with one attached hydrogen (secondary N) is 1. The molecule has 0 saturated heterocycles. The Bertz CT molecular complexity index is 561. The van der Waals surface area contributed by atoms with Crippen molar-refractivity contribution in [2.75, 3.05) is 19.6 Å². The van der Waals surface area contributed by atoms with Crippen molar-refractivity contribution < 1.29 is 19.1 Å². The first kappa shape index (κ1) is 18.8. The second-order valence-electron chi connectivity index (χ2n) is 6.28. The highest BCUT2D eigenvalue weighted by molar-refractivity contribution is 6.20. The molecule has 1 N–H and O–H groups in total. The average molecular weight is 356 g/mol. The van der Waals surface area contributed by atoms with Crippen molar-refractivity contribution in [2.45, 2.75) is 46.0 Å². The zero-order valence-corrected chi connectivity index (χ0v) is 15.4. The third-order valence-corrected chi connectivity index (χ3v) is 5.11. The number of ether oxygens (including phenoxy) is 2. The maximum absolute atomic E-state index is 12.6. The third kappa shape index (κ3) is 3.77. The van der Waals surface area contributed by atoms with Crippen LogP contribution in [0.3, 0.4) is 0 Å². The number of alkyl halides is 1. The van der Waals surface area contributed by atoms with Crippen LogP contribution in [0.5, 0.6) is 0 Å². The van der Waals surface area contributed by atoms with Crippen molar-refractivity contribution in [1.29, 1.82) is 0 Å². The Morgan fingerprint density at radius 2 is 1.83 bits per heavy atom. The molecule has 134 valence electrons. The molecule has 0 radical (unpaired) electrons. The Kier molecular flexibility index (Phi) is 6.72. The van der Waals surface area contributed by atoms with Crippen molar-refractivity contribution in [3.8, 4) is 0 Å². The molecular weight excluding hydrogens is 330 g/mol. The van der Waals surface area contributed by atoms with Gasteiger partial charge in [-0.1, -0.05) is 19.3 Å². The molecular formula is C18H26ClNO4. The molecule has 0 aromatic rings. The lowest BCUT2D eigenvalue weighted by Gasteiger charge is -2.37. The molecule has 1 fully saturated rings. The average Bonchev–Trinajstić information content (AvgIpc) is 2.60. The van der Waals surface area contributed by atoms with Crippen LogP contribution in [0.2, 0.25) is 0 Å². The van der Waals surface area contributed by atoms with Gasteiger partial charge >= 0.3 is 11.9 Å². The van der Waals surface area contributed by atoms with E-state index in [1.807, 2.05) is 6.92 Å². The van der Waals surface area contributed by atoms with Crippen LogP contribution >= 0.6 is 11.6 Å². The Morgan fingerprint density at radius 1 is 1.17 bits per heavy atom. The maximum Gasteiger partial charge on any atom is 0.336 e. The quantitative estimate of drug-likeness (QED) is 0.605. The molecule has 1 atom stereocenters. The smallest absolute Gasteiger partial charge is 0.336 e. The molecule has 1 aliphatic heterocycles. The molecule has 5 nitrogen and oxygen atoms in total. The fraction of sp³-hybridized carbons (Fsp3) is 0.667. The molecule has 6 heteroatoms. The van der Waals surface area contributed by atoms with Gasteiger partial charge in [0.2, 0.25) is 0 Å². The Balaban J connectivity index is 2.52. The monoisotopic (exact) mass is 355 g/mol. The second kappa shape index (κ2) is 8.56. The number of carbonyl (C=O) groups is 2. The van der Waals surface area contributed by atoms with Crippen LogP contribution in [0.4, 0.5) is 0 Å². The van der Waals surface area contributed by atoms with Crippen molar-refractivity contribution in [1.82, 2.24) is 5.32 Å². The van der Waals surface area contributed by atoms with Gasteiger partial charge in [0, 0.05) is 17.3 Å². The van der Waals surface area contributed by atoms with Gasteiger partial charge in [0.1, 0.15) is 0 Å². The maximum atomic E-state index is 12.6. The highest BCUT2D eigenvalue weighted by atomic mass is 35.5. The number of carbonyl (C=O) groups excluding carboxylic acids is 2. The molecule has 24 heavy (non-hydrogen) atoms. The molecule has 1 unspecified atom stereocenters. The largest absolute Gasteiger partial charge is 0.466 e. The molecule has 0 spiro atoms. The normalized spacial score (nSPS) is 22.2. The first-order valence-corrected chi connectivity index (χ1v) is 9.10.